The molecule has 2 heterocycles. The van der Waals surface area contributed by atoms with Gasteiger partial charge < -0.3 is 4.42 Å². The fraction of sp³-hybridized carbons (Fsp3) is 0.500. The Morgan fingerprint density at radius 2 is 2.14 bits per heavy atom. The van der Waals surface area contributed by atoms with Crippen molar-refractivity contribution in [2.24, 2.45) is 5.92 Å². The zero-order chi connectivity index (χ0) is 15.3. The first-order valence-electron chi connectivity index (χ1n) is 7.68. The number of halogens is 2. The van der Waals surface area contributed by atoms with E-state index in [0.29, 0.717) is 27.9 Å². The molecule has 22 heavy (non-hydrogen) atoms. The van der Waals surface area contributed by atoms with Gasteiger partial charge in [-0.2, -0.15) is 0 Å². The molecule has 6 heteroatoms. The predicted octanol–water partition coefficient (Wildman–Crippen LogP) is 4.59. The van der Waals surface area contributed by atoms with Gasteiger partial charge in [-0.25, -0.2) is 0 Å². The van der Waals surface area contributed by atoms with Gasteiger partial charge in [-0.3, -0.25) is 4.90 Å². The first-order valence-corrected chi connectivity index (χ1v) is 8.43. The molecule has 1 saturated carbocycles. The minimum Gasteiger partial charge on any atom is -0.419 e. The maximum Gasteiger partial charge on any atom is 0.249 e. The van der Waals surface area contributed by atoms with E-state index in [-0.39, 0.29) is 6.04 Å². The predicted molar refractivity (Wildman–Crippen MR) is 86.0 cm³/mol. The van der Waals surface area contributed by atoms with Gasteiger partial charge in [0.2, 0.25) is 11.8 Å². The molecule has 4 nitrogen and oxygen atoms in total. The summed E-state index contributed by atoms with van der Waals surface area (Å²) in [7, 11) is 0. The second-order valence-electron chi connectivity index (χ2n) is 6.20. The minimum absolute atomic E-state index is 0.159. The summed E-state index contributed by atoms with van der Waals surface area (Å²) >= 11 is 12.1. The van der Waals surface area contributed by atoms with Crippen molar-refractivity contribution in [2.45, 2.75) is 38.3 Å². The van der Waals surface area contributed by atoms with Gasteiger partial charge >= 0.3 is 0 Å². The van der Waals surface area contributed by atoms with Crippen LogP contribution in [-0.4, -0.2) is 27.7 Å². The van der Waals surface area contributed by atoms with E-state index in [0.717, 1.165) is 18.0 Å². The fourth-order valence-corrected chi connectivity index (χ4v) is 4.19. The van der Waals surface area contributed by atoms with Gasteiger partial charge in [0.1, 0.15) is 0 Å². The third-order valence-corrected chi connectivity index (χ3v) is 5.50. The van der Waals surface area contributed by atoms with Crippen LogP contribution in [0.25, 0.3) is 11.5 Å². The van der Waals surface area contributed by atoms with Crippen LogP contribution in [0.1, 0.15) is 38.1 Å². The molecule has 1 aromatic heterocycles. The normalized spacial score (nSPS) is 25.8. The van der Waals surface area contributed by atoms with Gasteiger partial charge in [0, 0.05) is 17.6 Å². The maximum atomic E-state index is 6.20. The number of hydrogen-bond donors (Lipinski definition) is 0. The molecule has 2 fully saturated rings. The minimum atomic E-state index is 0.159. The summed E-state index contributed by atoms with van der Waals surface area (Å²) in [5.74, 6) is 1.98. The highest BCUT2D eigenvalue weighted by Gasteiger charge is 2.45. The van der Waals surface area contributed by atoms with Gasteiger partial charge in [0.05, 0.1) is 16.6 Å². The molecule has 1 saturated heterocycles. The van der Waals surface area contributed by atoms with Crippen molar-refractivity contribution in [3.63, 3.8) is 0 Å². The Morgan fingerprint density at radius 1 is 1.27 bits per heavy atom. The number of rotatable bonds is 3. The van der Waals surface area contributed by atoms with Crippen LogP contribution in [0.15, 0.2) is 22.6 Å². The van der Waals surface area contributed by atoms with Crippen molar-refractivity contribution in [2.75, 3.05) is 6.54 Å². The highest BCUT2D eigenvalue weighted by molar-refractivity contribution is 6.36. The topological polar surface area (TPSA) is 42.2 Å². The summed E-state index contributed by atoms with van der Waals surface area (Å²) in [5.41, 5.74) is 0.722. The molecule has 116 valence electrons. The van der Waals surface area contributed by atoms with Gasteiger partial charge in [-0.1, -0.05) is 29.6 Å². The summed E-state index contributed by atoms with van der Waals surface area (Å²) in [6.45, 7) is 3.28. The van der Waals surface area contributed by atoms with Gasteiger partial charge in [0.15, 0.2) is 0 Å². The van der Waals surface area contributed by atoms with Crippen molar-refractivity contribution < 1.29 is 4.42 Å². The molecular weight excluding hydrogens is 321 g/mol. The van der Waals surface area contributed by atoms with Crippen LogP contribution in [0.4, 0.5) is 0 Å². The number of likely N-dealkylation sites (tertiary alicyclic amines) is 1. The second-order valence-corrected chi connectivity index (χ2v) is 7.04. The molecule has 1 aromatic carbocycles. The van der Waals surface area contributed by atoms with Crippen molar-refractivity contribution in [1.29, 1.82) is 0 Å². The van der Waals surface area contributed by atoms with Crippen LogP contribution >= 0.6 is 23.2 Å². The Balaban J connectivity index is 1.56. The molecule has 0 amide bonds. The molecule has 1 aliphatic heterocycles. The molecular formula is C16H17Cl2N3O. The standard InChI is InChI=1S/C16H17Cl2N3O/c1-9(21-8-10-3-2-4-14(10)21)15-19-20-16(22-15)12-6-5-11(17)7-13(12)18/h5-7,9-10,14H,2-4,8H2,1H3/t9-,10+,14-/m1/s1. The van der Waals surface area contributed by atoms with Crippen molar-refractivity contribution >= 4 is 23.2 Å². The van der Waals surface area contributed by atoms with E-state index < -0.39 is 0 Å². The van der Waals surface area contributed by atoms with E-state index in [4.69, 9.17) is 27.6 Å². The smallest absolute Gasteiger partial charge is 0.249 e. The lowest BCUT2D eigenvalue weighted by Gasteiger charge is -2.47. The Hall–Kier alpha value is -1.10. The molecule has 0 unspecified atom stereocenters. The summed E-state index contributed by atoms with van der Waals surface area (Å²) in [4.78, 5) is 2.47. The van der Waals surface area contributed by atoms with Crippen LogP contribution in [0.5, 0.6) is 0 Å². The van der Waals surface area contributed by atoms with Crippen LogP contribution in [0, 0.1) is 5.92 Å². The van der Waals surface area contributed by atoms with Gasteiger partial charge in [-0.05, 0) is 43.9 Å². The lowest BCUT2D eigenvalue weighted by molar-refractivity contribution is -0.00658. The first kappa shape index (κ1) is 14.5. The molecule has 0 radical (unpaired) electrons. The average Bonchev–Trinajstić information content (AvgIpc) is 3.07. The summed E-state index contributed by atoms with van der Waals surface area (Å²) in [6, 6.07) is 6.12. The number of fused-ring (bicyclic) bond motifs is 1. The first-order chi connectivity index (χ1) is 10.6. The van der Waals surface area contributed by atoms with Crippen LogP contribution < -0.4 is 0 Å². The Bertz CT molecular complexity index is 702. The van der Waals surface area contributed by atoms with Crippen molar-refractivity contribution in [3.8, 4) is 11.5 Å². The summed E-state index contributed by atoms with van der Waals surface area (Å²) in [6.07, 6.45) is 4.00. The van der Waals surface area contributed by atoms with E-state index in [1.54, 1.807) is 12.1 Å². The highest BCUT2D eigenvalue weighted by atomic mass is 35.5. The molecule has 3 atom stereocenters. The third-order valence-electron chi connectivity index (χ3n) is 4.95. The fourth-order valence-electron chi connectivity index (χ4n) is 3.70. The molecule has 2 aromatic rings. The third kappa shape index (κ3) is 2.34. The van der Waals surface area contributed by atoms with E-state index in [9.17, 15) is 0 Å². The zero-order valence-electron chi connectivity index (χ0n) is 12.3. The molecule has 1 aliphatic carbocycles. The number of hydrogen-bond acceptors (Lipinski definition) is 4. The lowest BCUT2D eigenvalue weighted by Crippen LogP contribution is -2.53. The zero-order valence-corrected chi connectivity index (χ0v) is 13.8. The quantitative estimate of drug-likeness (QED) is 0.821. The SMILES string of the molecule is C[C@H](c1nnc(-c2ccc(Cl)cc2Cl)o1)N1C[C@@H]2CCC[C@H]21. The molecule has 0 bridgehead atoms. The highest BCUT2D eigenvalue weighted by Crippen LogP contribution is 2.43. The Morgan fingerprint density at radius 3 is 2.91 bits per heavy atom. The van der Waals surface area contributed by atoms with E-state index in [1.165, 1.54) is 19.3 Å². The average molecular weight is 338 g/mol. The van der Waals surface area contributed by atoms with E-state index in [2.05, 4.69) is 22.0 Å². The van der Waals surface area contributed by atoms with Crippen LogP contribution in [0.3, 0.4) is 0 Å². The molecule has 4 rings (SSSR count). The second kappa shape index (κ2) is 5.52. The summed E-state index contributed by atoms with van der Waals surface area (Å²) < 4.78 is 5.87. The Kier molecular flexibility index (Phi) is 3.63. The monoisotopic (exact) mass is 337 g/mol. The largest absolute Gasteiger partial charge is 0.419 e. The van der Waals surface area contributed by atoms with E-state index in [1.807, 2.05) is 6.07 Å². The molecule has 0 N–H and O–H groups in total. The van der Waals surface area contributed by atoms with Crippen molar-refractivity contribution in [1.82, 2.24) is 15.1 Å². The van der Waals surface area contributed by atoms with Crippen molar-refractivity contribution in [3.05, 3.63) is 34.1 Å². The van der Waals surface area contributed by atoms with Gasteiger partial charge in [0.25, 0.3) is 0 Å². The number of aromatic nitrogens is 2. The van der Waals surface area contributed by atoms with E-state index >= 15 is 0 Å². The maximum absolute atomic E-state index is 6.20. The summed E-state index contributed by atoms with van der Waals surface area (Å²) in [5, 5.41) is 9.49. The number of benzene rings is 1. The van der Waals surface area contributed by atoms with Crippen LogP contribution in [0.2, 0.25) is 10.0 Å². The lowest BCUT2D eigenvalue weighted by atomic mass is 9.90. The Labute approximate surface area is 139 Å². The van der Waals surface area contributed by atoms with Gasteiger partial charge in [-0.15, -0.1) is 10.2 Å². The number of nitrogens with zero attached hydrogens (tertiary/aromatic N) is 3. The van der Waals surface area contributed by atoms with Crippen LogP contribution in [-0.2, 0) is 0 Å². The molecule has 0 spiro atoms. The molecule has 2 aliphatic rings.